The van der Waals surface area contributed by atoms with Gasteiger partial charge in [-0.05, 0) is 29.7 Å². The van der Waals surface area contributed by atoms with Gasteiger partial charge in [-0.2, -0.15) is 4.39 Å². The number of ether oxygens (including phenoxy) is 1. The molecule has 0 amide bonds. The SMILES string of the molecule is C[CH]c1cccc(O/C(F)=C\c2ccccc2)c1. The third-order valence-corrected chi connectivity index (χ3v) is 2.49. The Hall–Kier alpha value is -2.09. The summed E-state index contributed by atoms with van der Waals surface area (Å²) >= 11 is 0. The predicted octanol–water partition coefficient (Wildman–Crippen LogP) is 4.61. The zero-order chi connectivity index (χ0) is 12.8. The lowest BCUT2D eigenvalue weighted by Crippen LogP contribution is -1.90. The van der Waals surface area contributed by atoms with Crippen LogP contribution in [0.5, 0.6) is 5.75 Å². The second kappa shape index (κ2) is 6.01. The molecule has 1 nitrogen and oxygen atoms in total. The Morgan fingerprint density at radius 1 is 1.00 bits per heavy atom. The summed E-state index contributed by atoms with van der Waals surface area (Å²) in [4.78, 5) is 0. The fourth-order valence-corrected chi connectivity index (χ4v) is 1.58. The molecule has 0 spiro atoms. The predicted molar refractivity (Wildman–Crippen MR) is 71.7 cm³/mol. The molecule has 2 aromatic rings. The minimum absolute atomic E-state index is 0.496. The molecule has 2 heteroatoms. The second-order valence-electron chi connectivity index (χ2n) is 3.82. The average molecular weight is 241 g/mol. The monoisotopic (exact) mass is 241 g/mol. The third kappa shape index (κ3) is 3.45. The summed E-state index contributed by atoms with van der Waals surface area (Å²) in [5.74, 6) is 0.496. The summed E-state index contributed by atoms with van der Waals surface area (Å²) in [5, 5.41) is 0. The van der Waals surface area contributed by atoms with Gasteiger partial charge in [-0.25, -0.2) is 0 Å². The van der Waals surface area contributed by atoms with E-state index >= 15 is 0 Å². The standard InChI is InChI=1S/C16H14FO/c1-2-13-9-6-10-15(11-13)18-16(17)12-14-7-4-3-5-8-14/h2-12H,1H3/b16-12-. The van der Waals surface area contributed by atoms with E-state index in [9.17, 15) is 4.39 Å². The van der Waals surface area contributed by atoms with Crippen molar-refractivity contribution in [1.29, 1.82) is 0 Å². The van der Waals surface area contributed by atoms with Gasteiger partial charge in [0.25, 0.3) is 6.01 Å². The molecule has 91 valence electrons. The molecule has 0 aliphatic heterocycles. The fraction of sp³-hybridized carbons (Fsp3) is 0.0625. The molecule has 0 fully saturated rings. The highest BCUT2D eigenvalue weighted by Crippen LogP contribution is 2.19. The summed E-state index contributed by atoms with van der Waals surface area (Å²) in [7, 11) is 0. The van der Waals surface area contributed by atoms with E-state index in [0.717, 1.165) is 11.1 Å². The van der Waals surface area contributed by atoms with E-state index in [1.54, 1.807) is 12.1 Å². The highest BCUT2D eigenvalue weighted by Gasteiger charge is 2.00. The van der Waals surface area contributed by atoms with Crippen molar-refractivity contribution in [3.63, 3.8) is 0 Å². The third-order valence-electron chi connectivity index (χ3n) is 2.49. The van der Waals surface area contributed by atoms with Crippen molar-refractivity contribution in [2.75, 3.05) is 0 Å². The summed E-state index contributed by atoms with van der Waals surface area (Å²) in [6, 6.07) is 15.9. The van der Waals surface area contributed by atoms with Crippen molar-refractivity contribution in [2.24, 2.45) is 0 Å². The summed E-state index contributed by atoms with van der Waals surface area (Å²) in [6.45, 7) is 1.93. The van der Waals surface area contributed by atoms with Crippen LogP contribution < -0.4 is 4.74 Å². The highest BCUT2D eigenvalue weighted by molar-refractivity contribution is 5.50. The first kappa shape index (κ1) is 12.4. The quantitative estimate of drug-likeness (QED) is 0.710. The lowest BCUT2D eigenvalue weighted by Gasteiger charge is -2.04. The first-order valence-corrected chi connectivity index (χ1v) is 5.77. The van der Waals surface area contributed by atoms with Crippen molar-refractivity contribution in [2.45, 2.75) is 6.92 Å². The van der Waals surface area contributed by atoms with Gasteiger partial charge in [0.05, 0.1) is 0 Å². The normalized spacial score (nSPS) is 11.3. The molecule has 0 atom stereocenters. The minimum Gasteiger partial charge on any atom is -0.432 e. The molecule has 0 aromatic heterocycles. The maximum absolute atomic E-state index is 13.6. The van der Waals surface area contributed by atoms with E-state index in [1.807, 2.05) is 55.8 Å². The molecule has 2 aromatic carbocycles. The lowest BCUT2D eigenvalue weighted by atomic mass is 10.2. The summed E-state index contributed by atoms with van der Waals surface area (Å²) in [6.07, 6.45) is 3.30. The van der Waals surface area contributed by atoms with Gasteiger partial charge in [-0.15, -0.1) is 0 Å². The highest BCUT2D eigenvalue weighted by atomic mass is 19.1. The number of benzene rings is 2. The van der Waals surface area contributed by atoms with Crippen LogP contribution in [-0.2, 0) is 0 Å². The van der Waals surface area contributed by atoms with Crippen molar-refractivity contribution in [3.05, 3.63) is 78.2 Å². The average Bonchev–Trinajstić information content (AvgIpc) is 2.40. The molecule has 0 saturated heterocycles. The molecule has 0 heterocycles. The van der Waals surface area contributed by atoms with E-state index < -0.39 is 6.01 Å². The number of rotatable bonds is 4. The van der Waals surface area contributed by atoms with Crippen LogP contribution in [0.3, 0.4) is 0 Å². The van der Waals surface area contributed by atoms with Crippen molar-refractivity contribution < 1.29 is 9.13 Å². The minimum atomic E-state index is -0.616. The van der Waals surface area contributed by atoms with E-state index in [-0.39, 0.29) is 0 Å². The van der Waals surface area contributed by atoms with Crippen LogP contribution in [-0.4, -0.2) is 0 Å². The first-order chi connectivity index (χ1) is 8.78. The molecule has 2 rings (SSSR count). The maximum atomic E-state index is 13.6. The van der Waals surface area contributed by atoms with Crippen LogP contribution in [0.25, 0.3) is 6.08 Å². The first-order valence-electron chi connectivity index (χ1n) is 5.77. The molecular formula is C16H14FO. The van der Waals surface area contributed by atoms with Gasteiger partial charge in [0.2, 0.25) is 0 Å². The smallest absolute Gasteiger partial charge is 0.278 e. The van der Waals surface area contributed by atoms with Crippen LogP contribution in [0.15, 0.2) is 60.6 Å². The Labute approximate surface area is 107 Å². The van der Waals surface area contributed by atoms with Gasteiger partial charge in [0.1, 0.15) is 5.75 Å². The van der Waals surface area contributed by atoms with Gasteiger partial charge in [0.15, 0.2) is 0 Å². The summed E-state index contributed by atoms with van der Waals surface area (Å²) in [5.41, 5.74) is 1.77. The molecule has 1 radical (unpaired) electrons. The van der Waals surface area contributed by atoms with Gasteiger partial charge < -0.3 is 4.74 Å². The van der Waals surface area contributed by atoms with Gasteiger partial charge in [0, 0.05) is 6.08 Å². The topological polar surface area (TPSA) is 9.23 Å². The van der Waals surface area contributed by atoms with E-state index in [2.05, 4.69) is 0 Å². The second-order valence-corrected chi connectivity index (χ2v) is 3.82. The number of halogens is 1. The molecule has 0 saturated carbocycles. The van der Waals surface area contributed by atoms with Crippen molar-refractivity contribution >= 4 is 6.08 Å². The Kier molecular flexibility index (Phi) is 4.13. The van der Waals surface area contributed by atoms with Crippen LogP contribution in [0.1, 0.15) is 18.1 Å². The van der Waals surface area contributed by atoms with Crippen LogP contribution in [0.2, 0.25) is 0 Å². The van der Waals surface area contributed by atoms with E-state index in [4.69, 9.17) is 4.74 Å². The molecule has 0 bridgehead atoms. The van der Waals surface area contributed by atoms with Crippen LogP contribution in [0, 0.1) is 6.42 Å². The van der Waals surface area contributed by atoms with Gasteiger partial charge in [-0.3, -0.25) is 0 Å². The Morgan fingerprint density at radius 3 is 2.44 bits per heavy atom. The number of hydrogen-bond acceptors (Lipinski definition) is 1. The largest absolute Gasteiger partial charge is 0.432 e. The van der Waals surface area contributed by atoms with E-state index in [0.29, 0.717) is 5.75 Å². The van der Waals surface area contributed by atoms with Crippen molar-refractivity contribution in [3.8, 4) is 5.75 Å². The molecule has 0 aliphatic rings. The molecule has 0 aliphatic carbocycles. The lowest BCUT2D eigenvalue weighted by molar-refractivity contribution is 0.308. The summed E-state index contributed by atoms with van der Waals surface area (Å²) < 4.78 is 18.8. The fourth-order valence-electron chi connectivity index (χ4n) is 1.58. The molecule has 0 N–H and O–H groups in total. The van der Waals surface area contributed by atoms with Crippen molar-refractivity contribution in [1.82, 2.24) is 0 Å². The van der Waals surface area contributed by atoms with Crippen LogP contribution in [0.4, 0.5) is 4.39 Å². The van der Waals surface area contributed by atoms with Crippen LogP contribution >= 0.6 is 0 Å². The molecular weight excluding hydrogens is 227 g/mol. The Bertz CT molecular complexity index is 532. The number of hydrogen-bond donors (Lipinski definition) is 0. The molecule has 18 heavy (non-hydrogen) atoms. The zero-order valence-electron chi connectivity index (χ0n) is 10.1. The maximum Gasteiger partial charge on any atom is 0.278 e. The van der Waals surface area contributed by atoms with E-state index in [1.165, 1.54) is 6.08 Å². The zero-order valence-corrected chi connectivity index (χ0v) is 10.1. The Morgan fingerprint density at radius 2 is 1.72 bits per heavy atom. The molecule has 0 unspecified atom stereocenters. The Balaban J connectivity index is 2.11. The van der Waals surface area contributed by atoms with Gasteiger partial charge >= 0.3 is 0 Å². The van der Waals surface area contributed by atoms with Gasteiger partial charge in [-0.1, -0.05) is 49.4 Å².